The standard InChI is InChI=1S/C16H29NO5/c1-15(2,3)13(19)21-10-12-7-11(9-18)8-17(12)14(20)22-16(4,5)6/h11-12,18H,7-10H2,1-6H3. The van der Waals surface area contributed by atoms with Gasteiger partial charge in [0.25, 0.3) is 0 Å². The van der Waals surface area contributed by atoms with E-state index in [0.717, 1.165) is 0 Å². The fraction of sp³-hybridized carbons (Fsp3) is 0.875. The van der Waals surface area contributed by atoms with E-state index in [0.29, 0.717) is 13.0 Å². The van der Waals surface area contributed by atoms with Gasteiger partial charge in [-0.3, -0.25) is 4.79 Å². The number of esters is 1. The molecule has 0 aromatic rings. The first-order chi connectivity index (χ1) is 9.94. The van der Waals surface area contributed by atoms with Crippen molar-refractivity contribution in [1.82, 2.24) is 4.90 Å². The van der Waals surface area contributed by atoms with Crippen LogP contribution in [0.1, 0.15) is 48.0 Å². The molecule has 1 rings (SSSR count). The zero-order chi connectivity index (χ0) is 17.1. The van der Waals surface area contributed by atoms with Gasteiger partial charge in [0.1, 0.15) is 12.2 Å². The van der Waals surface area contributed by atoms with Gasteiger partial charge in [-0.1, -0.05) is 0 Å². The quantitative estimate of drug-likeness (QED) is 0.808. The Balaban J connectivity index is 2.69. The van der Waals surface area contributed by atoms with E-state index in [1.807, 2.05) is 0 Å². The molecule has 0 spiro atoms. The normalized spacial score (nSPS) is 22.6. The molecule has 6 nitrogen and oxygen atoms in total. The SMILES string of the molecule is CC(C)(C)OC(=O)N1CC(CO)CC1COC(=O)C(C)(C)C. The number of aliphatic hydroxyl groups excluding tert-OH is 1. The van der Waals surface area contributed by atoms with Crippen molar-refractivity contribution in [2.45, 2.75) is 59.6 Å². The fourth-order valence-electron chi connectivity index (χ4n) is 2.24. The second-order valence-electron chi connectivity index (χ2n) is 7.92. The maximum absolute atomic E-state index is 12.3. The Kier molecular flexibility index (Phi) is 5.84. The topological polar surface area (TPSA) is 76.1 Å². The zero-order valence-corrected chi connectivity index (χ0v) is 14.5. The highest BCUT2D eigenvalue weighted by molar-refractivity contribution is 5.75. The van der Waals surface area contributed by atoms with E-state index >= 15 is 0 Å². The van der Waals surface area contributed by atoms with Crippen LogP contribution >= 0.6 is 0 Å². The Bertz CT molecular complexity index is 408. The number of amides is 1. The summed E-state index contributed by atoms with van der Waals surface area (Å²) in [6, 6.07) is -0.252. The van der Waals surface area contributed by atoms with Gasteiger partial charge in [0.15, 0.2) is 0 Å². The molecule has 128 valence electrons. The van der Waals surface area contributed by atoms with Crippen molar-refractivity contribution in [2.24, 2.45) is 11.3 Å². The molecule has 1 heterocycles. The molecule has 0 aromatic carbocycles. The second kappa shape index (κ2) is 6.86. The van der Waals surface area contributed by atoms with Crippen LogP contribution in [-0.2, 0) is 14.3 Å². The van der Waals surface area contributed by atoms with Gasteiger partial charge < -0.3 is 19.5 Å². The van der Waals surface area contributed by atoms with Crippen LogP contribution in [0.3, 0.4) is 0 Å². The molecular weight excluding hydrogens is 286 g/mol. The van der Waals surface area contributed by atoms with Crippen LogP contribution in [0.25, 0.3) is 0 Å². The zero-order valence-electron chi connectivity index (χ0n) is 14.5. The van der Waals surface area contributed by atoms with Crippen LogP contribution < -0.4 is 0 Å². The van der Waals surface area contributed by atoms with Crippen molar-refractivity contribution < 1.29 is 24.2 Å². The van der Waals surface area contributed by atoms with Gasteiger partial charge in [-0.05, 0) is 48.0 Å². The molecular formula is C16H29NO5. The summed E-state index contributed by atoms with van der Waals surface area (Å²) in [4.78, 5) is 25.7. The molecule has 0 aliphatic carbocycles. The maximum Gasteiger partial charge on any atom is 0.410 e. The van der Waals surface area contributed by atoms with Crippen LogP contribution in [-0.4, -0.2) is 53.5 Å². The molecule has 1 aliphatic heterocycles. The second-order valence-corrected chi connectivity index (χ2v) is 7.92. The number of likely N-dealkylation sites (tertiary alicyclic amines) is 1. The van der Waals surface area contributed by atoms with E-state index in [4.69, 9.17) is 9.47 Å². The molecule has 0 bridgehead atoms. The average molecular weight is 315 g/mol. The van der Waals surface area contributed by atoms with Gasteiger partial charge in [0.2, 0.25) is 0 Å². The van der Waals surface area contributed by atoms with Crippen molar-refractivity contribution in [3.63, 3.8) is 0 Å². The van der Waals surface area contributed by atoms with E-state index in [2.05, 4.69) is 0 Å². The van der Waals surface area contributed by atoms with Crippen LogP contribution in [0.15, 0.2) is 0 Å². The maximum atomic E-state index is 12.3. The lowest BCUT2D eigenvalue weighted by molar-refractivity contribution is -0.154. The van der Waals surface area contributed by atoms with Crippen LogP contribution in [0.2, 0.25) is 0 Å². The summed E-state index contributed by atoms with van der Waals surface area (Å²) >= 11 is 0. The van der Waals surface area contributed by atoms with E-state index < -0.39 is 17.1 Å². The first-order valence-electron chi connectivity index (χ1n) is 7.71. The highest BCUT2D eigenvalue weighted by atomic mass is 16.6. The first kappa shape index (κ1) is 18.7. The molecule has 6 heteroatoms. The number of rotatable bonds is 3. The minimum atomic E-state index is -0.582. The Labute approximate surface area is 132 Å². The predicted molar refractivity (Wildman–Crippen MR) is 82.3 cm³/mol. The molecule has 0 radical (unpaired) electrons. The Morgan fingerprint density at radius 2 is 1.77 bits per heavy atom. The van der Waals surface area contributed by atoms with Crippen LogP contribution in [0, 0.1) is 11.3 Å². The Hall–Kier alpha value is -1.30. The number of hydrogen-bond acceptors (Lipinski definition) is 5. The molecule has 1 fully saturated rings. The highest BCUT2D eigenvalue weighted by Crippen LogP contribution is 2.26. The summed E-state index contributed by atoms with van der Waals surface area (Å²) in [6.07, 6.45) is 0.174. The third-order valence-electron chi connectivity index (χ3n) is 3.41. The summed E-state index contributed by atoms with van der Waals surface area (Å²) in [7, 11) is 0. The number of hydrogen-bond donors (Lipinski definition) is 1. The highest BCUT2D eigenvalue weighted by Gasteiger charge is 2.38. The fourth-order valence-corrected chi connectivity index (χ4v) is 2.24. The average Bonchev–Trinajstić information content (AvgIpc) is 2.76. The Morgan fingerprint density at radius 1 is 1.18 bits per heavy atom. The molecule has 2 unspecified atom stereocenters. The van der Waals surface area contributed by atoms with E-state index in [9.17, 15) is 14.7 Å². The lowest BCUT2D eigenvalue weighted by Crippen LogP contribution is -2.42. The van der Waals surface area contributed by atoms with E-state index in [1.165, 1.54) is 0 Å². The molecule has 0 aromatic heterocycles. The number of nitrogens with zero attached hydrogens (tertiary/aromatic N) is 1. The molecule has 1 saturated heterocycles. The summed E-state index contributed by atoms with van der Waals surface area (Å²) < 4.78 is 10.7. The molecule has 1 amide bonds. The number of carbonyl (C=O) groups excluding carboxylic acids is 2. The van der Waals surface area contributed by atoms with Crippen LogP contribution in [0.5, 0.6) is 0 Å². The lowest BCUT2D eigenvalue weighted by Gasteiger charge is -2.29. The minimum absolute atomic E-state index is 0.00299. The summed E-state index contributed by atoms with van der Waals surface area (Å²) in [5.41, 5.74) is -1.16. The van der Waals surface area contributed by atoms with Gasteiger partial charge in [-0.15, -0.1) is 0 Å². The van der Waals surface area contributed by atoms with Gasteiger partial charge >= 0.3 is 12.1 Å². The van der Waals surface area contributed by atoms with Crippen molar-refractivity contribution in [2.75, 3.05) is 19.8 Å². The number of aliphatic hydroxyl groups is 1. The van der Waals surface area contributed by atoms with Gasteiger partial charge in [0.05, 0.1) is 11.5 Å². The molecule has 1 N–H and O–H groups in total. The molecule has 2 atom stereocenters. The predicted octanol–water partition coefficient (Wildman–Crippen LogP) is 2.19. The summed E-state index contributed by atoms with van der Waals surface area (Å²) in [6.45, 7) is 11.3. The third kappa shape index (κ3) is 5.48. The van der Waals surface area contributed by atoms with Gasteiger partial charge in [-0.25, -0.2) is 4.79 Å². The monoisotopic (exact) mass is 315 g/mol. The van der Waals surface area contributed by atoms with Crippen molar-refractivity contribution in [3.05, 3.63) is 0 Å². The van der Waals surface area contributed by atoms with E-state index in [-0.39, 0.29) is 31.1 Å². The molecule has 0 saturated carbocycles. The lowest BCUT2D eigenvalue weighted by atomic mass is 9.97. The number of ether oxygens (including phenoxy) is 2. The van der Waals surface area contributed by atoms with E-state index in [1.54, 1.807) is 46.4 Å². The van der Waals surface area contributed by atoms with Gasteiger partial charge in [0, 0.05) is 19.1 Å². The largest absolute Gasteiger partial charge is 0.463 e. The molecule has 22 heavy (non-hydrogen) atoms. The minimum Gasteiger partial charge on any atom is -0.463 e. The number of carbonyl (C=O) groups is 2. The van der Waals surface area contributed by atoms with Crippen molar-refractivity contribution in [3.8, 4) is 0 Å². The Morgan fingerprint density at radius 3 is 2.23 bits per heavy atom. The van der Waals surface area contributed by atoms with Crippen LogP contribution in [0.4, 0.5) is 4.79 Å². The third-order valence-corrected chi connectivity index (χ3v) is 3.41. The van der Waals surface area contributed by atoms with Gasteiger partial charge in [-0.2, -0.15) is 0 Å². The first-order valence-corrected chi connectivity index (χ1v) is 7.71. The molecule has 1 aliphatic rings. The van der Waals surface area contributed by atoms with Crippen molar-refractivity contribution >= 4 is 12.1 Å². The smallest absolute Gasteiger partial charge is 0.410 e. The summed E-state index contributed by atoms with van der Waals surface area (Å²) in [5, 5.41) is 9.34. The summed E-state index contributed by atoms with van der Waals surface area (Å²) in [5.74, 6) is -0.310. The van der Waals surface area contributed by atoms with Crippen molar-refractivity contribution in [1.29, 1.82) is 0 Å².